The summed E-state index contributed by atoms with van der Waals surface area (Å²) in [6.07, 6.45) is -0.297. The van der Waals surface area contributed by atoms with Crippen molar-refractivity contribution in [1.82, 2.24) is 5.32 Å². The van der Waals surface area contributed by atoms with Crippen LogP contribution in [-0.2, 0) is 20.7 Å². The third-order valence-corrected chi connectivity index (χ3v) is 3.72. The Balaban J connectivity index is 1.67. The first kappa shape index (κ1) is 20.2. The lowest BCUT2D eigenvalue weighted by Crippen LogP contribution is -2.37. The monoisotopic (exact) mass is 375 g/mol. The fourth-order valence-electron chi connectivity index (χ4n) is 2.22. The molecule has 1 amide bonds. The van der Waals surface area contributed by atoms with Gasteiger partial charge in [-0.15, -0.1) is 0 Å². The summed E-state index contributed by atoms with van der Waals surface area (Å²) in [6.45, 7) is 1.53. The second kappa shape index (κ2) is 10.2. The summed E-state index contributed by atoms with van der Waals surface area (Å²) in [5.74, 6) is -0.364. The largest absolute Gasteiger partial charge is 0.497 e. The Bertz CT molecular complexity index is 746. The first-order chi connectivity index (χ1) is 13.0. The molecule has 2 aromatic carbocycles. The van der Waals surface area contributed by atoms with Gasteiger partial charge in [-0.3, -0.25) is 4.79 Å². The molecule has 0 aliphatic rings. The number of halogens is 1. The summed E-state index contributed by atoms with van der Waals surface area (Å²) >= 11 is 0. The molecule has 6 nitrogen and oxygen atoms in total. The van der Waals surface area contributed by atoms with Gasteiger partial charge in [0, 0.05) is 6.54 Å². The zero-order chi connectivity index (χ0) is 19.6. The standard InChI is InChI=1S/C20H22FNO5/c1-14(27-19(23)13-26-18-9-5-16(21)6-10-18)20(24)22-12-11-15-3-7-17(25-2)8-4-15/h3-10,14H,11-13H2,1-2H3,(H,22,24)/t14-/m0/s1. The van der Waals surface area contributed by atoms with Crippen molar-refractivity contribution in [2.45, 2.75) is 19.4 Å². The summed E-state index contributed by atoms with van der Waals surface area (Å²) in [5, 5.41) is 2.72. The summed E-state index contributed by atoms with van der Waals surface area (Å²) < 4.78 is 28.1. The van der Waals surface area contributed by atoms with E-state index < -0.39 is 23.8 Å². The van der Waals surface area contributed by atoms with E-state index in [1.165, 1.54) is 31.2 Å². The van der Waals surface area contributed by atoms with Gasteiger partial charge in [-0.1, -0.05) is 12.1 Å². The number of ether oxygens (including phenoxy) is 3. The molecule has 0 aliphatic heterocycles. The second-order valence-electron chi connectivity index (χ2n) is 5.76. The number of carbonyl (C=O) groups is 2. The van der Waals surface area contributed by atoms with Crippen LogP contribution in [0.2, 0.25) is 0 Å². The van der Waals surface area contributed by atoms with Crippen LogP contribution in [0.15, 0.2) is 48.5 Å². The predicted molar refractivity (Wildman–Crippen MR) is 97.2 cm³/mol. The molecular weight excluding hydrogens is 353 g/mol. The Kier molecular flexibility index (Phi) is 7.61. The van der Waals surface area contributed by atoms with Crippen LogP contribution in [0.1, 0.15) is 12.5 Å². The van der Waals surface area contributed by atoms with Gasteiger partial charge in [0.25, 0.3) is 5.91 Å². The zero-order valence-corrected chi connectivity index (χ0v) is 15.2. The van der Waals surface area contributed by atoms with Crippen molar-refractivity contribution in [2.75, 3.05) is 20.3 Å². The third kappa shape index (κ3) is 6.97. The summed E-state index contributed by atoms with van der Waals surface area (Å²) in [6, 6.07) is 12.8. The van der Waals surface area contributed by atoms with Crippen LogP contribution in [0.3, 0.4) is 0 Å². The summed E-state index contributed by atoms with van der Waals surface area (Å²) in [7, 11) is 1.60. The first-order valence-electron chi connectivity index (χ1n) is 8.46. The van der Waals surface area contributed by atoms with Gasteiger partial charge < -0.3 is 19.5 Å². The highest BCUT2D eigenvalue weighted by Gasteiger charge is 2.17. The van der Waals surface area contributed by atoms with Crippen molar-refractivity contribution in [1.29, 1.82) is 0 Å². The molecule has 0 radical (unpaired) electrons. The Labute approximate surface area is 157 Å². The maximum atomic E-state index is 12.8. The number of benzene rings is 2. The molecule has 0 unspecified atom stereocenters. The van der Waals surface area contributed by atoms with E-state index in [-0.39, 0.29) is 6.61 Å². The van der Waals surface area contributed by atoms with Crippen molar-refractivity contribution < 1.29 is 28.2 Å². The SMILES string of the molecule is COc1ccc(CCNC(=O)[C@H](C)OC(=O)COc2ccc(F)cc2)cc1. The number of esters is 1. The van der Waals surface area contributed by atoms with Gasteiger partial charge in [0.15, 0.2) is 12.7 Å². The number of carbonyl (C=O) groups excluding carboxylic acids is 2. The van der Waals surface area contributed by atoms with Crippen molar-refractivity contribution in [3.63, 3.8) is 0 Å². The minimum Gasteiger partial charge on any atom is -0.497 e. The van der Waals surface area contributed by atoms with Gasteiger partial charge in [-0.05, 0) is 55.3 Å². The van der Waals surface area contributed by atoms with E-state index in [4.69, 9.17) is 14.2 Å². The molecule has 0 heterocycles. The molecule has 0 fully saturated rings. The molecule has 7 heteroatoms. The summed E-state index contributed by atoms with van der Waals surface area (Å²) in [5.41, 5.74) is 1.05. The van der Waals surface area contributed by atoms with E-state index in [9.17, 15) is 14.0 Å². The molecule has 27 heavy (non-hydrogen) atoms. The van der Waals surface area contributed by atoms with Crippen LogP contribution in [-0.4, -0.2) is 38.2 Å². The number of amides is 1. The van der Waals surface area contributed by atoms with Crippen LogP contribution in [0, 0.1) is 5.82 Å². The van der Waals surface area contributed by atoms with Crippen molar-refractivity contribution >= 4 is 11.9 Å². The van der Waals surface area contributed by atoms with Crippen LogP contribution in [0.4, 0.5) is 4.39 Å². The van der Waals surface area contributed by atoms with E-state index in [0.717, 1.165) is 11.3 Å². The highest BCUT2D eigenvalue weighted by atomic mass is 19.1. The summed E-state index contributed by atoms with van der Waals surface area (Å²) in [4.78, 5) is 23.7. The molecule has 0 spiro atoms. The molecule has 144 valence electrons. The van der Waals surface area contributed by atoms with Crippen molar-refractivity contribution in [3.8, 4) is 11.5 Å². The zero-order valence-electron chi connectivity index (χ0n) is 15.2. The lowest BCUT2D eigenvalue weighted by atomic mass is 10.1. The Morgan fingerprint density at radius 2 is 1.67 bits per heavy atom. The number of rotatable bonds is 9. The average Bonchev–Trinajstić information content (AvgIpc) is 2.68. The molecule has 0 aliphatic carbocycles. The van der Waals surface area contributed by atoms with Crippen LogP contribution < -0.4 is 14.8 Å². The Hall–Kier alpha value is -3.09. The number of methoxy groups -OCH3 is 1. The minimum absolute atomic E-state index is 0.338. The normalized spacial score (nSPS) is 11.4. The molecule has 0 bridgehead atoms. The van der Waals surface area contributed by atoms with Crippen LogP contribution in [0.25, 0.3) is 0 Å². The van der Waals surface area contributed by atoms with E-state index in [0.29, 0.717) is 18.7 Å². The highest BCUT2D eigenvalue weighted by molar-refractivity contribution is 5.83. The highest BCUT2D eigenvalue weighted by Crippen LogP contribution is 2.12. The lowest BCUT2D eigenvalue weighted by molar-refractivity contribution is -0.156. The fourth-order valence-corrected chi connectivity index (χ4v) is 2.22. The maximum Gasteiger partial charge on any atom is 0.344 e. The molecule has 2 aromatic rings. The molecule has 2 rings (SSSR count). The van der Waals surface area contributed by atoms with E-state index in [1.54, 1.807) is 7.11 Å². The predicted octanol–water partition coefficient (Wildman–Crippen LogP) is 2.50. The topological polar surface area (TPSA) is 73.9 Å². The second-order valence-corrected chi connectivity index (χ2v) is 5.76. The van der Waals surface area contributed by atoms with Gasteiger partial charge in [-0.25, -0.2) is 9.18 Å². The average molecular weight is 375 g/mol. The fraction of sp³-hybridized carbons (Fsp3) is 0.300. The molecule has 0 aromatic heterocycles. The van der Waals surface area contributed by atoms with Crippen LogP contribution in [0.5, 0.6) is 11.5 Å². The molecule has 0 saturated carbocycles. The molecular formula is C20H22FNO5. The first-order valence-corrected chi connectivity index (χ1v) is 8.46. The number of hydrogen-bond donors (Lipinski definition) is 1. The van der Waals surface area contributed by atoms with Gasteiger partial charge in [-0.2, -0.15) is 0 Å². The Morgan fingerprint density at radius 3 is 2.30 bits per heavy atom. The smallest absolute Gasteiger partial charge is 0.344 e. The van der Waals surface area contributed by atoms with E-state index in [1.807, 2.05) is 24.3 Å². The number of hydrogen-bond acceptors (Lipinski definition) is 5. The third-order valence-electron chi connectivity index (χ3n) is 3.72. The van der Waals surface area contributed by atoms with Crippen molar-refractivity contribution in [2.24, 2.45) is 0 Å². The van der Waals surface area contributed by atoms with Gasteiger partial charge in [0.05, 0.1) is 7.11 Å². The van der Waals surface area contributed by atoms with Gasteiger partial charge >= 0.3 is 5.97 Å². The van der Waals surface area contributed by atoms with Gasteiger partial charge in [0.2, 0.25) is 0 Å². The minimum atomic E-state index is -0.940. The quantitative estimate of drug-likeness (QED) is 0.682. The Morgan fingerprint density at radius 1 is 1.04 bits per heavy atom. The van der Waals surface area contributed by atoms with Crippen LogP contribution >= 0.6 is 0 Å². The molecule has 1 atom stereocenters. The van der Waals surface area contributed by atoms with Crippen molar-refractivity contribution in [3.05, 3.63) is 59.9 Å². The maximum absolute atomic E-state index is 12.8. The number of nitrogens with one attached hydrogen (secondary N) is 1. The van der Waals surface area contributed by atoms with E-state index >= 15 is 0 Å². The molecule has 0 saturated heterocycles. The van der Waals surface area contributed by atoms with Gasteiger partial charge in [0.1, 0.15) is 17.3 Å². The molecule has 1 N–H and O–H groups in total. The van der Waals surface area contributed by atoms with E-state index in [2.05, 4.69) is 5.32 Å². The lowest BCUT2D eigenvalue weighted by Gasteiger charge is -2.14.